The molecule has 0 saturated heterocycles. The Hall–Kier alpha value is -2.79. The molecule has 1 aliphatic rings. The van der Waals surface area contributed by atoms with Crippen LogP contribution in [-0.4, -0.2) is 41.8 Å². The number of sulfone groups is 1. The fraction of sp³-hybridized carbons (Fsp3) is 0.278. The molecule has 152 valence electrons. The van der Waals surface area contributed by atoms with Crippen molar-refractivity contribution in [3.63, 3.8) is 0 Å². The number of rotatable bonds is 3. The van der Waals surface area contributed by atoms with E-state index in [-0.39, 0.29) is 11.4 Å². The third kappa shape index (κ3) is 3.62. The fourth-order valence-corrected chi connectivity index (χ4v) is 4.74. The summed E-state index contributed by atoms with van der Waals surface area (Å²) < 4.78 is 65.8. The molecule has 0 amide bonds. The maximum atomic E-state index is 13.6. The van der Waals surface area contributed by atoms with Crippen LogP contribution in [0.25, 0.3) is 22.5 Å². The van der Waals surface area contributed by atoms with Gasteiger partial charge in [0.05, 0.1) is 10.5 Å². The number of hydrogen-bond donors (Lipinski definition) is 2. The molecule has 0 saturated carbocycles. The Morgan fingerprint density at radius 2 is 1.90 bits per heavy atom. The first-order chi connectivity index (χ1) is 13.7. The molecule has 0 radical (unpaired) electrons. The van der Waals surface area contributed by atoms with Gasteiger partial charge in [-0.1, -0.05) is 18.2 Å². The Labute approximate surface area is 164 Å². The SMILES string of the molecule is CS(=O)(=O)c1c(C(F)(F)F)ccc(-c2ccc3c(c2)CNCC3)c1-c1nnn[nH]1. The molecule has 1 aromatic heterocycles. The molecule has 3 aromatic rings. The van der Waals surface area contributed by atoms with Crippen molar-refractivity contribution in [2.75, 3.05) is 12.8 Å². The van der Waals surface area contributed by atoms with E-state index in [1.807, 2.05) is 12.1 Å². The smallest absolute Gasteiger partial charge is 0.312 e. The number of aromatic amines is 1. The molecule has 0 spiro atoms. The van der Waals surface area contributed by atoms with Crippen LogP contribution in [0.4, 0.5) is 13.2 Å². The second kappa shape index (κ2) is 6.92. The van der Waals surface area contributed by atoms with Crippen molar-refractivity contribution in [1.29, 1.82) is 0 Å². The number of fused-ring (bicyclic) bond motifs is 1. The van der Waals surface area contributed by atoms with Gasteiger partial charge in [0.15, 0.2) is 15.7 Å². The Kier molecular flexibility index (Phi) is 4.66. The lowest BCUT2D eigenvalue weighted by molar-refractivity contribution is -0.139. The second-order valence-electron chi connectivity index (χ2n) is 6.79. The predicted octanol–water partition coefficient (Wildman–Crippen LogP) is 2.60. The van der Waals surface area contributed by atoms with Crippen molar-refractivity contribution in [3.8, 4) is 22.5 Å². The quantitative estimate of drug-likeness (QED) is 0.672. The van der Waals surface area contributed by atoms with Gasteiger partial charge in [0.25, 0.3) is 0 Å². The maximum Gasteiger partial charge on any atom is 0.417 e. The Morgan fingerprint density at radius 3 is 2.55 bits per heavy atom. The number of aromatic nitrogens is 4. The van der Waals surface area contributed by atoms with E-state index in [0.717, 1.165) is 36.4 Å². The number of nitrogens with one attached hydrogen (secondary N) is 2. The van der Waals surface area contributed by atoms with Crippen LogP contribution in [0.15, 0.2) is 35.2 Å². The first-order valence-electron chi connectivity index (χ1n) is 8.67. The lowest BCUT2D eigenvalue weighted by Gasteiger charge is -2.20. The van der Waals surface area contributed by atoms with Gasteiger partial charge in [-0.3, -0.25) is 0 Å². The number of tetrazole rings is 1. The third-order valence-electron chi connectivity index (χ3n) is 4.82. The van der Waals surface area contributed by atoms with E-state index in [9.17, 15) is 21.6 Å². The largest absolute Gasteiger partial charge is 0.417 e. The minimum atomic E-state index is -4.86. The number of halogens is 3. The minimum absolute atomic E-state index is 0.151. The van der Waals surface area contributed by atoms with Crippen LogP contribution in [0.3, 0.4) is 0 Å². The van der Waals surface area contributed by atoms with E-state index < -0.39 is 26.5 Å². The summed E-state index contributed by atoms with van der Waals surface area (Å²) in [5.41, 5.74) is 1.58. The molecule has 2 heterocycles. The van der Waals surface area contributed by atoms with Crippen LogP contribution < -0.4 is 5.32 Å². The van der Waals surface area contributed by atoms with Crippen LogP contribution in [0.5, 0.6) is 0 Å². The van der Waals surface area contributed by atoms with E-state index in [0.29, 0.717) is 17.7 Å². The highest BCUT2D eigenvalue weighted by Gasteiger charge is 2.39. The molecule has 1 aliphatic heterocycles. The van der Waals surface area contributed by atoms with Gasteiger partial charge in [0, 0.05) is 18.4 Å². The average Bonchev–Trinajstić information content (AvgIpc) is 3.19. The van der Waals surface area contributed by atoms with Gasteiger partial charge < -0.3 is 5.32 Å². The number of benzene rings is 2. The predicted molar refractivity (Wildman–Crippen MR) is 98.6 cm³/mol. The fourth-order valence-electron chi connectivity index (χ4n) is 3.58. The number of H-pyrrole nitrogens is 1. The topological polar surface area (TPSA) is 101 Å². The normalized spacial score (nSPS) is 14.6. The number of hydrogen-bond acceptors (Lipinski definition) is 6. The summed E-state index contributed by atoms with van der Waals surface area (Å²) in [7, 11) is -4.27. The molecule has 0 fully saturated rings. The highest BCUT2D eigenvalue weighted by atomic mass is 32.2. The molecule has 0 unspecified atom stereocenters. The summed E-state index contributed by atoms with van der Waals surface area (Å²) in [6.45, 7) is 1.47. The summed E-state index contributed by atoms with van der Waals surface area (Å²) >= 11 is 0. The van der Waals surface area contributed by atoms with Gasteiger partial charge in [0.2, 0.25) is 0 Å². The highest BCUT2D eigenvalue weighted by Crippen LogP contribution is 2.43. The summed E-state index contributed by atoms with van der Waals surface area (Å²) in [6.07, 6.45) is -3.28. The summed E-state index contributed by atoms with van der Waals surface area (Å²) in [5.74, 6) is -0.151. The van der Waals surface area contributed by atoms with Gasteiger partial charge in [0.1, 0.15) is 0 Å². The molecule has 0 atom stereocenters. The number of alkyl halides is 3. The van der Waals surface area contributed by atoms with Crippen molar-refractivity contribution in [3.05, 3.63) is 47.0 Å². The second-order valence-corrected chi connectivity index (χ2v) is 8.75. The van der Waals surface area contributed by atoms with Crippen LogP contribution in [0, 0.1) is 0 Å². The van der Waals surface area contributed by atoms with Crippen LogP contribution >= 0.6 is 0 Å². The zero-order chi connectivity index (χ0) is 20.8. The Morgan fingerprint density at radius 1 is 1.10 bits per heavy atom. The van der Waals surface area contributed by atoms with E-state index in [4.69, 9.17) is 0 Å². The summed E-state index contributed by atoms with van der Waals surface area (Å²) in [5, 5.41) is 16.2. The molecule has 2 aromatic carbocycles. The average molecular weight is 423 g/mol. The molecule has 29 heavy (non-hydrogen) atoms. The van der Waals surface area contributed by atoms with Crippen molar-refractivity contribution >= 4 is 9.84 Å². The van der Waals surface area contributed by atoms with E-state index >= 15 is 0 Å². The minimum Gasteiger partial charge on any atom is -0.312 e. The molecule has 2 N–H and O–H groups in total. The molecule has 7 nitrogen and oxygen atoms in total. The first kappa shape index (κ1) is 19.5. The van der Waals surface area contributed by atoms with Gasteiger partial charge in [-0.2, -0.15) is 13.2 Å². The maximum absolute atomic E-state index is 13.6. The van der Waals surface area contributed by atoms with E-state index in [1.54, 1.807) is 6.07 Å². The van der Waals surface area contributed by atoms with Crippen molar-refractivity contribution < 1.29 is 21.6 Å². The third-order valence-corrected chi connectivity index (χ3v) is 5.99. The van der Waals surface area contributed by atoms with Gasteiger partial charge in [-0.25, -0.2) is 13.5 Å². The standard InChI is InChI=1S/C18H16F3N5O2S/c1-29(27,28)16-14(18(19,20)21)5-4-13(15(16)17-23-25-26-24-17)11-3-2-10-6-7-22-9-12(10)8-11/h2-5,8,22H,6-7,9H2,1H3,(H,23,24,25,26). The monoisotopic (exact) mass is 423 g/mol. The van der Waals surface area contributed by atoms with Gasteiger partial charge in [-0.05, 0) is 57.8 Å². The lowest BCUT2D eigenvalue weighted by Crippen LogP contribution is -2.23. The van der Waals surface area contributed by atoms with Crippen LogP contribution in [0.1, 0.15) is 16.7 Å². The molecular formula is C18H16F3N5O2S. The first-order valence-corrected chi connectivity index (χ1v) is 10.6. The zero-order valence-electron chi connectivity index (χ0n) is 15.2. The lowest BCUT2D eigenvalue weighted by atomic mass is 9.92. The Balaban J connectivity index is 2.06. The zero-order valence-corrected chi connectivity index (χ0v) is 16.0. The van der Waals surface area contributed by atoms with Crippen molar-refractivity contribution in [1.82, 2.24) is 25.9 Å². The Bertz CT molecular complexity index is 1170. The molecule has 0 aliphatic carbocycles. The van der Waals surface area contributed by atoms with Gasteiger partial charge in [-0.15, -0.1) is 5.10 Å². The summed E-state index contributed by atoms with van der Waals surface area (Å²) in [4.78, 5) is -0.850. The molecular weight excluding hydrogens is 407 g/mol. The van der Waals surface area contributed by atoms with Crippen molar-refractivity contribution in [2.24, 2.45) is 0 Å². The van der Waals surface area contributed by atoms with E-state index in [2.05, 4.69) is 25.9 Å². The van der Waals surface area contributed by atoms with Crippen molar-refractivity contribution in [2.45, 2.75) is 24.0 Å². The molecule has 11 heteroatoms. The summed E-state index contributed by atoms with van der Waals surface area (Å²) in [6, 6.07) is 7.57. The van der Waals surface area contributed by atoms with E-state index in [1.165, 1.54) is 6.07 Å². The molecule has 4 rings (SSSR count). The number of nitrogens with zero attached hydrogens (tertiary/aromatic N) is 3. The van der Waals surface area contributed by atoms with Crippen LogP contribution in [0.2, 0.25) is 0 Å². The van der Waals surface area contributed by atoms with Gasteiger partial charge >= 0.3 is 6.18 Å². The highest BCUT2D eigenvalue weighted by molar-refractivity contribution is 7.91. The van der Waals surface area contributed by atoms with Crippen LogP contribution in [-0.2, 0) is 29.0 Å². The molecule has 0 bridgehead atoms.